The maximum absolute atomic E-state index is 6.78. The van der Waals surface area contributed by atoms with Gasteiger partial charge in [-0.3, -0.25) is 0 Å². The first-order valence-electron chi connectivity index (χ1n) is 11.0. The van der Waals surface area contributed by atoms with Crippen LogP contribution in [0, 0.1) is 0 Å². The van der Waals surface area contributed by atoms with Crippen molar-refractivity contribution >= 4 is 34.8 Å². The number of ether oxygens (including phenoxy) is 2. The monoisotopic (exact) mass is 476 g/mol. The maximum Gasteiger partial charge on any atom is 0.419 e. The largest absolute Gasteiger partial charge is 0.423 e. The Morgan fingerprint density at radius 3 is 1.61 bits per heavy atom. The van der Waals surface area contributed by atoms with E-state index in [1.165, 1.54) is 33.4 Å². The zero-order chi connectivity index (χ0) is 22.2. The molecule has 5 heteroatoms. The highest BCUT2D eigenvalue weighted by molar-refractivity contribution is 6.46. The van der Waals surface area contributed by atoms with Crippen molar-refractivity contribution in [1.82, 2.24) is 0 Å². The van der Waals surface area contributed by atoms with Gasteiger partial charge in [-0.25, -0.2) is 0 Å². The normalized spacial score (nSPS) is 32.3. The number of fused-ring (bicyclic) bond motifs is 6. The molecular formula is C26H27Cl3O2. The molecule has 0 saturated heterocycles. The molecule has 0 radical (unpaired) electrons. The van der Waals surface area contributed by atoms with Gasteiger partial charge in [-0.15, -0.1) is 11.6 Å². The van der Waals surface area contributed by atoms with Crippen molar-refractivity contribution in [3.8, 4) is 11.5 Å². The third-order valence-electron chi connectivity index (χ3n) is 7.98. The number of benzene rings is 2. The van der Waals surface area contributed by atoms with Crippen LogP contribution in [0.3, 0.4) is 0 Å². The molecule has 0 amide bonds. The summed E-state index contributed by atoms with van der Waals surface area (Å²) in [5.41, 5.74) is 8.36. The molecule has 4 aliphatic rings. The topological polar surface area (TPSA) is 18.5 Å². The number of hydrogen-bond donors (Lipinski definition) is 0. The minimum absolute atomic E-state index is 0.00466. The molecule has 2 atom stereocenters. The van der Waals surface area contributed by atoms with Crippen molar-refractivity contribution in [3.63, 3.8) is 0 Å². The molecule has 31 heavy (non-hydrogen) atoms. The summed E-state index contributed by atoms with van der Waals surface area (Å²) >= 11 is 19.1. The molecule has 0 N–H and O–H groups in total. The predicted octanol–water partition coefficient (Wildman–Crippen LogP) is 7.29. The third kappa shape index (κ3) is 2.77. The van der Waals surface area contributed by atoms with E-state index in [9.17, 15) is 0 Å². The highest BCUT2D eigenvalue weighted by atomic mass is 35.5. The quantitative estimate of drug-likeness (QED) is 0.371. The van der Waals surface area contributed by atoms with Gasteiger partial charge in [0.1, 0.15) is 0 Å². The first-order chi connectivity index (χ1) is 14.2. The zero-order valence-corrected chi connectivity index (χ0v) is 20.9. The summed E-state index contributed by atoms with van der Waals surface area (Å²) in [6.07, 6.45) is 3.98. The Bertz CT molecular complexity index is 1070. The molecule has 2 unspecified atom stereocenters. The first kappa shape index (κ1) is 20.5. The highest BCUT2D eigenvalue weighted by Crippen LogP contribution is 2.65. The molecule has 0 saturated carbocycles. The van der Waals surface area contributed by atoms with Gasteiger partial charge < -0.3 is 9.47 Å². The molecule has 1 spiro atoms. The van der Waals surface area contributed by atoms with Gasteiger partial charge in [0, 0.05) is 10.3 Å². The number of alkyl halides is 3. The average Bonchev–Trinajstić information content (AvgIpc) is 3.21. The Kier molecular flexibility index (Phi) is 3.77. The molecule has 0 aromatic heterocycles. The van der Waals surface area contributed by atoms with Crippen molar-refractivity contribution in [2.75, 3.05) is 0 Å². The number of hydrogen-bond acceptors (Lipinski definition) is 2. The fraction of sp³-hybridized carbons (Fsp3) is 0.538. The van der Waals surface area contributed by atoms with Gasteiger partial charge in [0.15, 0.2) is 11.5 Å². The molecule has 2 nitrogen and oxygen atoms in total. The summed E-state index contributed by atoms with van der Waals surface area (Å²) in [4.78, 5) is -0.183. The van der Waals surface area contributed by atoms with E-state index in [0.717, 1.165) is 25.7 Å². The van der Waals surface area contributed by atoms with Gasteiger partial charge in [-0.1, -0.05) is 39.8 Å². The van der Waals surface area contributed by atoms with Gasteiger partial charge in [0.25, 0.3) is 0 Å². The van der Waals surface area contributed by atoms with E-state index >= 15 is 0 Å². The van der Waals surface area contributed by atoms with Crippen molar-refractivity contribution in [3.05, 3.63) is 57.6 Å². The van der Waals surface area contributed by atoms with Crippen LogP contribution in [0.15, 0.2) is 24.3 Å². The van der Waals surface area contributed by atoms with Gasteiger partial charge in [0.2, 0.25) is 0 Å². The Morgan fingerprint density at radius 2 is 1.06 bits per heavy atom. The minimum Gasteiger partial charge on any atom is -0.423 e. The number of halogens is 3. The third-order valence-corrected chi connectivity index (χ3v) is 8.55. The van der Waals surface area contributed by atoms with Crippen LogP contribution >= 0.6 is 34.8 Å². The molecule has 164 valence electrons. The van der Waals surface area contributed by atoms with Crippen LogP contribution in [-0.4, -0.2) is 9.58 Å². The molecule has 6 rings (SSSR count). The predicted molar refractivity (Wildman–Crippen MR) is 126 cm³/mol. The summed E-state index contributed by atoms with van der Waals surface area (Å²) < 4.78 is 9.72. The van der Waals surface area contributed by atoms with Gasteiger partial charge >= 0.3 is 4.71 Å². The Balaban J connectivity index is 1.59. The van der Waals surface area contributed by atoms with Gasteiger partial charge in [0.05, 0.1) is 0 Å². The summed E-state index contributed by atoms with van der Waals surface area (Å²) in [5.74, 6) is 1.25. The van der Waals surface area contributed by atoms with E-state index in [1.54, 1.807) is 0 Å². The summed E-state index contributed by atoms with van der Waals surface area (Å²) in [5, 5.41) is 0. The van der Waals surface area contributed by atoms with Crippen LogP contribution in [-0.2, 0) is 29.1 Å². The average molecular weight is 478 g/mol. The van der Waals surface area contributed by atoms with E-state index < -0.39 is 4.71 Å². The lowest BCUT2D eigenvalue weighted by molar-refractivity contribution is 0.0847. The van der Waals surface area contributed by atoms with Crippen LogP contribution in [0.5, 0.6) is 11.5 Å². The van der Waals surface area contributed by atoms with Gasteiger partial charge in [-0.05, 0) is 112 Å². The standard InChI is InChI=1S/C26H27Cl3O2/c1-22(2)12-25(18-7-15-11-24(5,27)10-14(15)6-16(18)22)13-23(3,4)17-8-20-21(9-19(17)25)31-26(28,29)30-20/h6-9H,10-13H2,1-5H3. The molecule has 2 aromatic rings. The number of rotatable bonds is 0. The van der Waals surface area contributed by atoms with Crippen molar-refractivity contribution < 1.29 is 9.47 Å². The van der Waals surface area contributed by atoms with Crippen molar-refractivity contribution in [2.45, 2.75) is 86.1 Å². The SMILES string of the molecule is CC1(Cl)Cc2cc3c(cc2C1)C1(CC3(C)C)CC(C)(C)c2cc3c(cc21)OC(Cl)(Cl)O3. The van der Waals surface area contributed by atoms with Crippen molar-refractivity contribution in [2.24, 2.45) is 0 Å². The zero-order valence-electron chi connectivity index (χ0n) is 18.6. The van der Waals surface area contributed by atoms with E-state index in [0.29, 0.717) is 11.5 Å². The smallest absolute Gasteiger partial charge is 0.419 e. The minimum atomic E-state index is -1.66. The lowest BCUT2D eigenvalue weighted by atomic mass is 9.72. The van der Waals surface area contributed by atoms with E-state index in [-0.39, 0.29) is 21.1 Å². The first-order valence-corrected chi connectivity index (χ1v) is 12.2. The molecule has 1 heterocycles. The van der Waals surface area contributed by atoms with Crippen LogP contribution in [0.1, 0.15) is 80.8 Å². The second-order valence-corrected chi connectivity index (χ2v) is 13.7. The van der Waals surface area contributed by atoms with E-state index in [2.05, 4.69) is 58.9 Å². The Labute approximate surface area is 199 Å². The van der Waals surface area contributed by atoms with Crippen LogP contribution in [0.4, 0.5) is 0 Å². The fourth-order valence-electron chi connectivity index (χ4n) is 7.07. The van der Waals surface area contributed by atoms with Crippen LogP contribution in [0.2, 0.25) is 0 Å². The van der Waals surface area contributed by atoms with Crippen LogP contribution < -0.4 is 9.47 Å². The molecule has 0 bridgehead atoms. The summed E-state index contributed by atoms with van der Waals surface area (Å²) in [6.45, 7) is 11.6. The lowest BCUT2D eigenvalue weighted by Crippen LogP contribution is -2.27. The molecule has 1 aliphatic heterocycles. The molecular weight excluding hydrogens is 451 g/mol. The lowest BCUT2D eigenvalue weighted by Gasteiger charge is -2.30. The maximum atomic E-state index is 6.78. The highest BCUT2D eigenvalue weighted by Gasteiger charge is 2.57. The Morgan fingerprint density at radius 1 is 0.645 bits per heavy atom. The van der Waals surface area contributed by atoms with Crippen molar-refractivity contribution in [1.29, 1.82) is 0 Å². The summed E-state index contributed by atoms with van der Waals surface area (Å²) in [7, 11) is 0. The summed E-state index contributed by atoms with van der Waals surface area (Å²) in [6, 6.07) is 9.15. The Hall–Kier alpha value is -1.09. The molecule has 3 aliphatic carbocycles. The van der Waals surface area contributed by atoms with E-state index in [1.807, 2.05) is 0 Å². The van der Waals surface area contributed by atoms with E-state index in [4.69, 9.17) is 44.3 Å². The second-order valence-electron chi connectivity index (χ2n) is 11.6. The van der Waals surface area contributed by atoms with Crippen LogP contribution in [0.25, 0.3) is 0 Å². The van der Waals surface area contributed by atoms with Gasteiger partial charge in [-0.2, -0.15) is 0 Å². The molecule has 0 fully saturated rings. The fourth-order valence-corrected chi connectivity index (χ4v) is 7.69. The molecule has 2 aromatic carbocycles. The second kappa shape index (κ2) is 5.69.